The molecule has 0 saturated carbocycles. The van der Waals surface area contributed by atoms with Crippen LogP contribution in [0.25, 0.3) is 0 Å². The van der Waals surface area contributed by atoms with Crippen LogP contribution in [0.4, 0.5) is 4.39 Å². The molecule has 0 N–H and O–H groups in total. The highest BCUT2D eigenvalue weighted by Crippen LogP contribution is 2.21. The lowest BCUT2D eigenvalue weighted by molar-refractivity contribution is -0.132. The summed E-state index contributed by atoms with van der Waals surface area (Å²) in [6.07, 6.45) is 4.56. The number of benzene rings is 1. The number of likely N-dealkylation sites (tertiary alicyclic amines) is 1. The summed E-state index contributed by atoms with van der Waals surface area (Å²) in [4.78, 5) is 14.3. The van der Waals surface area contributed by atoms with Crippen molar-refractivity contribution in [1.82, 2.24) is 4.90 Å². The molecule has 0 aromatic heterocycles. The zero-order chi connectivity index (χ0) is 14.4. The number of carbonyl (C=O) groups is 1. The summed E-state index contributed by atoms with van der Waals surface area (Å²) in [5, 5.41) is 0. The summed E-state index contributed by atoms with van der Waals surface area (Å²) in [7, 11) is 0. The second-order valence-corrected chi connectivity index (χ2v) is 6.25. The van der Waals surface area contributed by atoms with E-state index in [0.717, 1.165) is 37.1 Å². The van der Waals surface area contributed by atoms with Gasteiger partial charge in [0.25, 0.3) is 0 Å². The van der Waals surface area contributed by atoms with E-state index in [2.05, 4.69) is 11.8 Å². The largest absolute Gasteiger partial charge is 0.339 e. The van der Waals surface area contributed by atoms with Gasteiger partial charge in [-0.3, -0.25) is 4.79 Å². The molecule has 1 aromatic rings. The van der Waals surface area contributed by atoms with Crippen LogP contribution in [0.2, 0.25) is 0 Å². The van der Waals surface area contributed by atoms with E-state index in [1.165, 1.54) is 18.6 Å². The van der Waals surface area contributed by atoms with Gasteiger partial charge in [-0.25, -0.2) is 4.39 Å². The first-order valence-corrected chi connectivity index (χ1v) is 8.48. The Morgan fingerprint density at radius 1 is 1.35 bits per heavy atom. The first-order valence-electron chi connectivity index (χ1n) is 7.32. The molecule has 0 aliphatic carbocycles. The molecule has 2 rings (SSSR count). The van der Waals surface area contributed by atoms with Gasteiger partial charge in [0, 0.05) is 18.3 Å². The van der Waals surface area contributed by atoms with Crippen LogP contribution >= 0.6 is 11.8 Å². The van der Waals surface area contributed by atoms with E-state index in [0.29, 0.717) is 11.8 Å². The van der Waals surface area contributed by atoms with Gasteiger partial charge in [0.2, 0.25) is 5.91 Å². The molecule has 1 aromatic carbocycles. The normalized spacial score (nSPS) is 19.1. The van der Waals surface area contributed by atoms with Crippen molar-refractivity contribution in [3.8, 4) is 0 Å². The zero-order valence-electron chi connectivity index (χ0n) is 12.0. The van der Waals surface area contributed by atoms with E-state index in [1.54, 1.807) is 23.9 Å². The Balaban J connectivity index is 1.78. The number of hydrogen-bond acceptors (Lipinski definition) is 2. The molecule has 1 amide bonds. The first-order chi connectivity index (χ1) is 9.70. The Morgan fingerprint density at radius 3 is 2.80 bits per heavy atom. The molecule has 4 heteroatoms. The molecule has 20 heavy (non-hydrogen) atoms. The van der Waals surface area contributed by atoms with E-state index in [4.69, 9.17) is 0 Å². The summed E-state index contributed by atoms with van der Waals surface area (Å²) in [6.45, 7) is 3.07. The van der Waals surface area contributed by atoms with Crippen molar-refractivity contribution < 1.29 is 9.18 Å². The lowest BCUT2D eigenvalue weighted by Crippen LogP contribution is -2.44. The summed E-state index contributed by atoms with van der Waals surface area (Å²) in [6, 6.07) is 6.93. The average Bonchev–Trinajstić information content (AvgIpc) is 2.49. The zero-order valence-corrected chi connectivity index (χ0v) is 12.8. The van der Waals surface area contributed by atoms with E-state index in [1.807, 2.05) is 0 Å². The van der Waals surface area contributed by atoms with Crippen LogP contribution in [0.1, 0.15) is 38.2 Å². The minimum atomic E-state index is -0.214. The molecule has 1 heterocycles. The third-order valence-electron chi connectivity index (χ3n) is 3.83. The van der Waals surface area contributed by atoms with Crippen molar-refractivity contribution >= 4 is 17.7 Å². The summed E-state index contributed by atoms with van der Waals surface area (Å²) in [5.74, 6) is 1.32. The number of halogens is 1. The maximum atomic E-state index is 12.8. The molecular weight excluding hydrogens is 273 g/mol. The Hall–Kier alpha value is -1.03. The minimum absolute atomic E-state index is 0.214. The van der Waals surface area contributed by atoms with E-state index >= 15 is 0 Å². The van der Waals surface area contributed by atoms with Gasteiger partial charge < -0.3 is 4.90 Å². The molecule has 1 aliphatic rings. The molecule has 2 nitrogen and oxygen atoms in total. The molecule has 1 fully saturated rings. The number of carbonyl (C=O) groups excluding carboxylic acids is 1. The Morgan fingerprint density at radius 2 is 2.10 bits per heavy atom. The van der Waals surface area contributed by atoms with Crippen LogP contribution in [0.5, 0.6) is 0 Å². The molecule has 1 saturated heterocycles. The molecule has 1 aliphatic heterocycles. The van der Waals surface area contributed by atoms with Crippen molar-refractivity contribution in [2.75, 3.05) is 12.3 Å². The van der Waals surface area contributed by atoms with Gasteiger partial charge in [0.15, 0.2) is 0 Å². The molecule has 1 atom stereocenters. The molecule has 0 bridgehead atoms. The number of amides is 1. The smallest absolute Gasteiger partial charge is 0.232 e. The number of thioether (sulfide) groups is 1. The third-order valence-corrected chi connectivity index (χ3v) is 4.81. The van der Waals surface area contributed by atoms with Crippen molar-refractivity contribution in [2.45, 2.75) is 44.4 Å². The van der Waals surface area contributed by atoms with Crippen LogP contribution in [-0.4, -0.2) is 29.1 Å². The molecular formula is C16H22FNOS. The van der Waals surface area contributed by atoms with Gasteiger partial charge in [-0.05, 0) is 43.4 Å². The summed E-state index contributed by atoms with van der Waals surface area (Å²) in [5.41, 5.74) is 1.06. The topological polar surface area (TPSA) is 20.3 Å². The maximum absolute atomic E-state index is 12.8. The lowest BCUT2D eigenvalue weighted by Gasteiger charge is -2.35. The molecule has 0 unspecified atom stereocenters. The standard InChI is InChI=1S/C16H22FNOS/c1-2-15-5-3-4-10-18(15)16(19)12-20-11-13-6-8-14(17)9-7-13/h6-9,15H,2-5,10-12H2,1H3/t15-/m0/s1. The summed E-state index contributed by atoms with van der Waals surface area (Å²) < 4.78 is 12.8. The number of nitrogens with zero attached hydrogens (tertiary/aromatic N) is 1. The van der Waals surface area contributed by atoms with Gasteiger partial charge in [-0.15, -0.1) is 11.8 Å². The van der Waals surface area contributed by atoms with E-state index < -0.39 is 0 Å². The predicted molar refractivity (Wildman–Crippen MR) is 82.2 cm³/mol. The van der Waals surface area contributed by atoms with Crippen molar-refractivity contribution in [3.05, 3.63) is 35.6 Å². The van der Waals surface area contributed by atoms with Gasteiger partial charge in [-0.2, -0.15) is 0 Å². The van der Waals surface area contributed by atoms with Gasteiger partial charge in [0.05, 0.1) is 5.75 Å². The fourth-order valence-electron chi connectivity index (χ4n) is 2.67. The van der Waals surface area contributed by atoms with Crippen LogP contribution in [0.15, 0.2) is 24.3 Å². The maximum Gasteiger partial charge on any atom is 0.232 e. The van der Waals surface area contributed by atoms with Crippen molar-refractivity contribution in [2.24, 2.45) is 0 Å². The third kappa shape index (κ3) is 4.23. The highest BCUT2D eigenvalue weighted by molar-refractivity contribution is 7.99. The van der Waals surface area contributed by atoms with Crippen molar-refractivity contribution in [3.63, 3.8) is 0 Å². The molecule has 110 valence electrons. The van der Waals surface area contributed by atoms with Gasteiger partial charge >= 0.3 is 0 Å². The van der Waals surface area contributed by atoms with Crippen molar-refractivity contribution in [1.29, 1.82) is 0 Å². The second-order valence-electron chi connectivity index (χ2n) is 5.26. The van der Waals surface area contributed by atoms with Crippen LogP contribution < -0.4 is 0 Å². The second kappa shape index (κ2) is 7.67. The molecule has 0 radical (unpaired) electrons. The fourth-order valence-corrected chi connectivity index (χ4v) is 3.54. The highest BCUT2D eigenvalue weighted by Gasteiger charge is 2.24. The number of piperidine rings is 1. The average molecular weight is 295 g/mol. The first kappa shape index (κ1) is 15.4. The fraction of sp³-hybridized carbons (Fsp3) is 0.562. The Kier molecular flexibility index (Phi) is 5.89. The number of hydrogen-bond donors (Lipinski definition) is 0. The SMILES string of the molecule is CC[C@H]1CCCCN1C(=O)CSCc1ccc(F)cc1. The monoisotopic (exact) mass is 295 g/mol. The Bertz CT molecular complexity index is 435. The minimum Gasteiger partial charge on any atom is -0.339 e. The van der Waals surface area contributed by atoms with Gasteiger partial charge in [0.1, 0.15) is 5.82 Å². The Labute approximate surface area is 124 Å². The van der Waals surface area contributed by atoms with Crippen LogP contribution in [0, 0.1) is 5.82 Å². The predicted octanol–water partition coefficient (Wildman–Crippen LogP) is 3.85. The van der Waals surface area contributed by atoms with Crippen LogP contribution in [0.3, 0.4) is 0 Å². The van der Waals surface area contributed by atoms with E-state index in [-0.39, 0.29) is 11.7 Å². The number of rotatable bonds is 5. The van der Waals surface area contributed by atoms with Crippen LogP contribution in [-0.2, 0) is 10.5 Å². The lowest BCUT2D eigenvalue weighted by atomic mass is 10.0. The quantitative estimate of drug-likeness (QED) is 0.822. The van der Waals surface area contributed by atoms with Gasteiger partial charge in [-0.1, -0.05) is 19.1 Å². The highest BCUT2D eigenvalue weighted by atomic mass is 32.2. The summed E-state index contributed by atoms with van der Waals surface area (Å²) >= 11 is 1.61. The molecule has 0 spiro atoms. The van der Waals surface area contributed by atoms with E-state index in [9.17, 15) is 9.18 Å².